The lowest BCUT2D eigenvalue weighted by Crippen LogP contribution is -2.41. The monoisotopic (exact) mass is 390 g/mol. The first-order valence-corrected chi connectivity index (χ1v) is 8.71. The minimum Gasteiger partial charge on any atom is -0.357 e. The summed E-state index contributed by atoms with van der Waals surface area (Å²) in [5.41, 5.74) is 6.34. The minimum atomic E-state index is -0.0904. The van der Waals surface area contributed by atoms with E-state index in [1.165, 1.54) is 12.8 Å². The summed E-state index contributed by atoms with van der Waals surface area (Å²) in [5.74, 6) is 2.18. The summed E-state index contributed by atoms with van der Waals surface area (Å²) in [5, 5.41) is 3.00. The van der Waals surface area contributed by atoms with Gasteiger partial charge >= 0.3 is 0 Å². The van der Waals surface area contributed by atoms with Crippen molar-refractivity contribution >= 4 is 36.5 Å². The zero-order valence-corrected chi connectivity index (χ0v) is 17.0. The smallest absolute Gasteiger partial charge is 0.253 e. The Kier molecular flexibility index (Phi) is 11.1. The van der Waals surface area contributed by atoms with Gasteiger partial charge in [0.05, 0.1) is 5.56 Å². The van der Waals surface area contributed by atoms with Gasteiger partial charge in [0.15, 0.2) is 0 Å². The second-order valence-corrected chi connectivity index (χ2v) is 7.11. The van der Waals surface area contributed by atoms with E-state index < -0.39 is 0 Å². The molecule has 25 heavy (non-hydrogen) atoms. The Bertz CT molecular complexity index is 502. The quantitative estimate of drug-likeness (QED) is 0.781. The molecule has 3 N–H and O–H groups in total. The van der Waals surface area contributed by atoms with Crippen molar-refractivity contribution < 1.29 is 4.79 Å². The van der Waals surface area contributed by atoms with Crippen molar-refractivity contribution in [3.63, 3.8) is 0 Å². The standard InChI is InChI=1S/C18H30N4O.2ClH/c1-13(2)10-16(11-19)21-18(23)15-4-5-17(20-12-15)22-8-6-14(3)7-9-22;;/h4-5,12-14,16H,6-11,19H2,1-3H3,(H,21,23);2*1H. The molecule has 1 fully saturated rings. The zero-order valence-electron chi connectivity index (χ0n) is 15.4. The van der Waals surface area contributed by atoms with E-state index >= 15 is 0 Å². The van der Waals surface area contributed by atoms with E-state index in [1.54, 1.807) is 6.20 Å². The van der Waals surface area contributed by atoms with Crippen molar-refractivity contribution in [1.82, 2.24) is 10.3 Å². The van der Waals surface area contributed by atoms with Crippen LogP contribution >= 0.6 is 24.8 Å². The molecule has 2 rings (SSSR count). The van der Waals surface area contributed by atoms with Crippen molar-refractivity contribution in [2.75, 3.05) is 24.5 Å². The third-order valence-corrected chi connectivity index (χ3v) is 4.49. The van der Waals surface area contributed by atoms with Gasteiger partial charge < -0.3 is 16.0 Å². The molecule has 1 unspecified atom stereocenters. The Hall–Kier alpha value is -1.04. The van der Waals surface area contributed by atoms with Crippen LogP contribution in [0.25, 0.3) is 0 Å². The molecule has 1 aromatic heterocycles. The highest BCUT2D eigenvalue weighted by Crippen LogP contribution is 2.21. The first kappa shape index (κ1) is 24.0. The lowest BCUT2D eigenvalue weighted by Gasteiger charge is -2.31. The number of pyridine rings is 1. The van der Waals surface area contributed by atoms with E-state index in [9.17, 15) is 4.79 Å². The van der Waals surface area contributed by atoms with Gasteiger partial charge in [0.2, 0.25) is 0 Å². The number of rotatable bonds is 6. The highest BCUT2D eigenvalue weighted by Gasteiger charge is 2.18. The van der Waals surface area contributed by atoms with Crippen LogP contribution in [0, 0.1) is 11.8 Å². The molecule has 0 saturated carbocycles. The van der Waals surface area contributed by atoms with Crippen LogP contribution in [0.2, 0.25) is 0 Å². The molecular formula is C18H32Cl2N4O. The van der Waals surface area contributed by atoms with Gasteiger partial charge in [-0.05, 0) is 43.2 Å². The number of carbonyl (C=O) groups is 1. The normalized spacial score (nSPS) is 16.0. The van der Waals surface area contributed by atoms with E-state index in [4.69, 9.17) is 5.73 Å². The number of hydrogen-bond donors (Lipinski definition) is 2. The molecule has 144 valence electrons. The lowest BCUT2D eigenvalue weighted by atomic mass is 9.99. The average Bonchev–Trinajstić information content (AvgIpc) is 2.54. The predicted octanol–water partition coefficient (Wildman–Crippen LogP) is 3.26. The zero-order chi connectivity index (χ0) is 16.8. The molecule has 1 aliphatic heterocycles. The number of nitrogens with two attached hydrogens (primary N) is 1. The van der Waals surface area contributed by atoms with E-state index in [2.05, 4.69) is 36.0 Å². The molecule has 0 radical (unpaired) electrons. The first-order valence-electron chi connectivity index (χ1n) is 8.71. The summed E-state index contributed by atoms with van der Waals surface area (Å²) in [7, 11) is 0. The molecule has 5 nitrogen and oxygen atoms in total. The maximum atomic E-state index is 12.3. The SMILES string of the molecule is CC(C)CC(CN)NC(=O)c1ccc(N2CCC(C)CC2)nc1.Cl.Cl. The van der Waals surface area contributed by atoms with E-state index in [0.29, 0.717) is 18.0 Å². The van der Waals surface area contributed by atoms with Crippen molar-refractivity contribution in [2.24, 2.45) is 17.6 Å². The lowest BCUT2D eigenvalue weighted by molar-refractivity contribution is 0.0933. The van der Waals surface area contributed by atoms with Gasteiger partial charge in [0, 0.05) is 31.9 Å². The molecule has 2 heterocycles. The summed E-state index contributed by atoms with van der Waals surface area (Å²) >= 11 is 0. The maximum absolute atomic E-state index is 12.3. The van der Waals surface area contributed by atoms with Crippen LogP contribution in [0.3, 0.4) is 0 Å². The van der Waals surface area contributed by atoms with Crippen molar-refractivity contribution in [3.05, 3.63) is 23.9 Å². The molecule has 0 aromatic carbocycles. The van der Waals surface area contributed by atoms with E-state index in [0.717, 1.165) is 31.2 Å². The number of amides is 1. The number of anilines is 1. The van der Waals surface area contributed by atoms with Crippen LogP contribution in [0.5, 0.6) is 0 Å². The maximum Gasteiger partial charge on any atom is 0.253 e. The van der Waals surface area contributed by atoms with Gasteiger partial charge in [-0.3, -0.25) is 4.79 Å². The topological polar surface area (TPSA) is 71.2 Å². The second-order valence-electron chi connectivity index (χ2n) is 7.11. The molecule has 0 spiro atoms. The van der Waals surface area contributed by atoms with Crippen molar-refractivity contribution in [2.45, 2.75) is 46.1 Å². The number of hydrogen-bond acceptors (Lipinski definition) is 4. The molecule has 1 atom stereocenters. The van der Waals surface area contributed by atoms with Crippen LogP contribution < -0.4 is 16.0 Å². The minimum absolute atomic E-state index is 0. The van der Waals surface area contributed by atoms with Gasteiger partial charge in [-0.2, -0.15) is 0 Å². The second kappa shape index (κ2) is 11.6. The number of nitrogens with one attached hydrogen (secondary N) is 1. The fourth-order valence-electron chi connectivity index (χ4n) is 3.00. The average molecular weight is 391 g/mol. The van der Waals surface area contributed by atoms with Gasteiger partial charge in [0.1, 0.15) is 5.82 Å². The Morgan fingerprint density at radius 2 is 1.96 bits per heavy atom. The Morgan fingerprint density at radius 3 is 2.44 bits per heavy atom. The summed E-state index contributed by atoms with van der Waals surface area (Å²) in [6, 6.07) is 3.83. The number of nitrogens with zero attached hydrogens (tertiary/aromatic N) is 2. The molecule has 0 aliphatic carbocycles. The Morgan fingerprint density at radius 1 is 1.32 bits per heavy atom. The fraction of sp³-hybridized carbons (Fsp3) is 0.667. The molecule has 1 amide bonds. The third-order valence-electron chi connectivity index (χ3n) is 4.49. The number of carbonyl (C=O) groups excluding carboxylic acids is 1. The first-order chi connectivity index (χ1) is 11.0. The Labute approximate surface area is 164 Å². The van der Waals surface area contributed by atoms with Crippen LogP contribution in [0.4, 0.5) is 5.82 Å². The summed E-state index contributed by atoms with van der Waals surface area (Å²) in [4.78, 5) is 19.1. The number of aromatic nitrogens is 1. The molecule has 7 heteroatoms. The van der Waals surface area contributed by atoms with Gasteiger partial charge in [-0.15, -0.1) is 24.8 Å². The van der Waals surface area contributed by atoms with Gasteiger partial charge in [-0.1, -0.05) is 20.8 Å². The summed E-state index contributed by atoms with van der Waals surface area (Å²) in [6.07, 6.45) is 4.97. The summed E-state index contributed by atoms with van der Waals surface area (Å²) in [6.45, 7) is 9.10. The van der Waals surface area contributed by atoms with E-state index in [-0.39, 0.29) is 36.8 Å². The van der Waals surface area contributed by atoms with Crippen LogP contribution in [-0.2, 0) is 0 Å². The van der Waals surface area contributed by atoms with E-state index in [1.807, 2.05) is 12.1 Å². The highest BCUT2D eigenvalue weighted by atomic mass is 35.5. The molecule has 1 aliphatic rings. The highest BCUT2D eigenvalue weighted by molar-refractivity contribution is 5.94. The van der Waals surface area contributed by atoms with Crippen molar-refractivity contribution in [3.8, 4) is 0 Å². The molecule has 1 aromatic rings. The van der Waals surface area contributed by atoms with Crippen LogP contribution in [0.1, 0.15) is 50.4 Å². The largest absolute Gasteiger partial charge is 0.357 e. The summed E-state index contributed by atoms with van der Waals surface area (Å²) < 4.78 is 0. The predicted molar refractivity (Wildman–Crippen MR) is 109 cm³/mol. The van der Waals surface area contributed by atoms with Crippen molar-refractivity contribution in [1.29, 1.82) is 0 Å². The molecule has 1 saturated heterocycles. The molecular weight excluding hydrogens is 359 g/mol. The molecule has 0 bridgehead atoms. The Balaban J connectivity index is 0.00000288. The number of piperidine rings is 1. The number of halogens is 2. The van der Waals surface area contributed by atoms with Crippen LogP contribution in [0.15, 0.2) is 18.3 Å². The third kappa shape index (κ3) is 7.38. The van der Waals surface area contributed by atoms with Gasteiger partial charge in [-0.25, -0.2) is 4.98 Å². The fourth-order valence-corrected chi connectivity index (χ4v) is 3.00. The van der Waals surface area contributed by atoms with Gasteiger partial charge in [0.25, 0.3) is 5.91 Å². The van der Waals surface area contributed by atoms with Crippen LogP contribution in [-0.4, -0.2) is 36.6 Å².